The van der Waals surface area contributed by atoms with E-state index in [9.17, 15) is 110 Å². The maximum absolute atomic E-state index is 14.4. The Morgan fingerprint density at radius 3 is 0.769 bits per heavy atom. The number of hydrogen-bond donors (Lipinski definition) is 0. The van der Waals surface area contributed by atoms with E-state index in [2.05, 4.69) is 0 Å². The number of piperidine rings is 1. The molecule has 0 aromatic heterocycles. The van der Waals surface area contributed by atoms with E-state index in [-0.39, 0.29) is 0 Å². The number of hydrogen-bond acceptors (Lipinski definition) is 1. The van der Waals surface area contributed by atoms with Crippen LogP contribution in [0.1, 0.15) is 0 Å². The van der Waals surface area contributed by atoms with Crippen molar-refractivity contribution in [1.29, 1.82) is 0 Å². The van der Waals surface area contributed by atoms with E-state index < -0.39 is 82.0 Å². The van der Waals surface area contributed by atoms with Gasteiger partial charge in [0.1, 0.15) is 0 Å². The summed E-state index contributed by atoms with van der Waals surface area (Å²) < 4.78 is 343. The monoisotopic (exact) mass is 645 g/mol. The van der Waals surface area contributed by atoms with Crippen LogP contribution in [0.3, 0.4) is 0 Å². The van der Waals surface area contributed by atoms with Crippen molar-refractivity contribution in [2.45, 2.75) is 77.1 Å². The molecule has 1 aliphatic carbocycles. The Morgan fingerprint density at radius 1 is 0.308 bits per heavy atom. The molecule has 1 nitrogen and oxygen atoms in total. The van der Waals surface area contributed by atoms with Gasteiger partial charge < -0.3 is 0 Å². The zero-order valence-corrected chi connectivity index (χ0v) is 16.4. The predicted molar refractivity (Wildman–Crippen MR) is 65.0 cm³/mol. The number of nitrogens with zero attached hydrogens (tertiary/aromatic N) is 1. The molecule has 0 N–H and O–H groups in total. The fraction of sp³-hybridized carbons (Fsp3) is 1.00. The van der Waals surface area contributed by atoms with Crippen LogP contribution in [0.4, 0.5) is 110 Å². The van der Waals surface area contributed by atoms with Crippen molar-refractivity contribution < 1.29 is 110 Å². The lowest BCUT2D eigenvalue weighted by molar-refractivity contribution is -0.585. The molecule has 0 aromatic carbocycles. The van der Waals surface area contributed by atoms with E-state index in [0.717, 1.165) is 0 Å². The first-order chi connectivity index (χ1) is 16.4. The molecule has 0 atom stereocenters. The lowest BCUT2D eigenvalue weighted by atomic mass is 9.61. The third-order valence-electron chi connectivity index (χ3n) is 5.80. The lowest BCUT2D eigenvalue weighted by Crippen LogP contribution is -2.99. The number of alkyl halides is 25. The first-order valence-corrected chi connectivity index (χ1v) is 8.40. The van der Waals surface area contributed by atoms with E-state index in [1.54, 1.807) is 0 Å². The highest BCUT2D eigenvalue weighted by atomic mass is 19.4. The highest BCUT2D eigenvalue weighted by Crippen LogP contribution is 2.79. The van der Waals surface area contributed by atoms with Gasteiger partial charge in [-0.2, -0.15) is 105 Å². The van der Waals surface area contributed by atoms with Gasteiger partial charge in [-0.05, 0) is 0 Å². The molecule has 0 amide bonds. The molecule has 0 aromatic rings. The quantitative estimate of drug-likeness (QED) is 0.211. The van der Waals surface area contributed by atoms with E-state index >= 15 is 0 Å². The molecule has 0 bridgehead atoms. The Balaban J connectivity index is 3.43. The molecule has 2 rings (SSSR count). The second-order valence-electron chi connectivity index (χ2n) is 7.80. The molecular formula is C13F25N. The molecule has 1 aliphatic heterocycles. The van der Waals surface area contributed by atoms with Gasteiger partial charge in [-0.3, -0.25) is 0 Å². The third-order valence-corrected chi connectivity index (χ3v) is 5.80. The standard InChI is InChI=1S/C13F25N/c14-1(10(29,30)31)3(15,16)5(19,20)2(11(32,33)34,6(21,22)4(1,17)18)39-12(35,36)8(25,26)7(23,24)9(27,28)13(39,37)38. The molecule has 1 saturated carbocycles. The van der Waals surface area contributed by atoms with Gasteiger partial charge in [0.05, 0.1) is 0 Å². The van der Waals surface area contributed by atoms with Crippen LogP contribution in [0.15, 0.2) is 0 Å². The smallest absolute Gasteiger partial charge is 0.219 e. The molecule has 39 heavy (non-hydrogen) atoms. The van der Waals surface area contributed by atoms with Crippen molar-refractivity contribution in [3.05, 3.63) is 0 Å². The van der Waals surface area contributed by atoms with Crippen LogP contribution >= 0.6 is 0 Å². The molecule has 1 heterocycles. The summed E-state index contributed by atoms with van der Waals surface area (Å²) in [6.45, 7) is 0. The Kier molecular flexibility index (Phi) is 6.13. The Hall–Kier alpha value is -1.79. The summed E-state index contributed by atoms with van der Waals surface area (Å²) in [4.78, 5) is -5.60. The highest BCUT2D eigenvalue weighted by Gasteiger charge is 3.12. The molecule has 1 saturated heterocycles. The molecule has 2 aliphatic rings. The molecule has 2 fully saturated rings. The van der Waals surface area contributed by atoms with Gasteiger partial charge in [-0.25, -0.2) is 4.39 Å². The zero-order chi connectivity index (χ0) is 32.1. The van der Waals surface area contributed by atoms with Gasteiger partial charge in [-0.1, -0.05) is 0 Å². The second-order valence-corrected chi connectivity index (χ2v) is 7.80. The first-order valence-electron chi connectivity index (χ1n) is 8.40. The number of halogens is 25. The van der Waals surface area contributed by atoms with Gasteiger partial charge in [0.2, 0.25) is 0 Å². The summed E-state index contributed by atoms with van der Waals surface area (Å²) in [6, 6.07) is -18.3. The maximum Gasteiger partial charge on any atom is 0.435 e. The molecule has 0 spiro atoms. The number of likely N-dealkylation sites (tertiary alicyclic amines) is 1. The first kappa shape index (κ1) is 33.4. The molecule has 232 valence electrons. The van der Waals surface area contributed by atoms with Crippen molar-refractivity contribution in [1.82, 2.24) is 4.90 Å². The van der Waals surface area contributed by atoms with Gasteiger partial charge in [0.25, 0.3) is 5.54 Å². The zero-order valence-electron chi connectivity index (χ0n) is 16.4. The van der Waals surface area contributed by atoms with E-state index in [1.807, 2.05) is 0 Å². The van der Waals surface area contributed by atoms with Crippen LogP contribution in [-0.2, 0) is 0 Å². The van der Waals surface area contributed by atoms with Gasteiger partial charge in [-0.15, -0.1) is 4.90 Å². The Morgan fingerprint density at radius 2 is 0.564 bits per heavy atom. The minimum absolute atomic E-state index is 5.60. The highest BCUT2D eigenvalue weighted by molar-refractivity contribution is 5.38. The van der Waals surface area contributed by atoms with Crippen LogP contribution in [0, 0.1) is 0 Å². The molecule has 26 heteroatoms. The summed E-state index contributed by atoms with van der Waals surface area (Å²) in [6.07, 6.45) is -18.0. The van der Waals surface area contributed by atoms with Crippen LogP contribution in [-0.4, -0.2) is 82.0 Å². The average molecular weight is 645 g/mol. The SMILES string of the molecule is FC(F)(F)C1(F)C(F)(F)C(F)(F)C(N2C(F)(F)C(F)(F)C(F)(F)C(F)(F)C2(F)F)(C(F)(F)F)C(F)(F)C1(F)F. The van der Waals surface area contributed by atoms with E-state index in [4.69, 9.17) is 0 Å². The molecule has 0 radical (unpaired) electrons. The van der Waals surface area contributed by atoms with E-state index in [0.29, 0.717) is 0 Å². The fourth-order valence-corrected chi connectivity index (χ4v) is 3.85. The maximum atomic E-state index is 14.4. The average Bonchev–Trinajstić information content (AvgIpc) is 2.65. The summed E-state index contributed by atoms with van der Waals surface area (Å²) in [5.41, 5.74) is -19.0. The Bertz CT molecular complexity index is 952. The van der Waals surface area contributed by atoms with Crippen molar-refractivity contribution in [2.24, 2.45) is 0 Å². The largest absolute Gasteiger partial charge is 0.435 e. The van der Waals surface area contributed by atoms with Crippen molar-refractivity contribution >= 4 is 0 Å². The summed E-state index contributed by atoms with van der Waals surface area (Å²) in [7, 11) is 0. The van der Waals surface area contributed by atoms with E-state index in [1.165, 1.54) is 0 Å². The van der Waals surface area contributed by atoms with Crippen molar-refractivity contribution in [3.8, 4) is 0 Å². The van der Waals surface area contributed by atoms with Crippen molar-refractivity contribution in [2.75, 3.05) is 0 Å². The minimum Gasteiger partial charge on any atom is -0.219 e. The van der Waals surface area contributed by atoms with Gasteiger partial charge in [0, 0.05) is 0 Å². The normalized spacial score (nSPS) is 37.8. The lowest BCUT2D eigenvalue weighted by Gasteiger charge is -2.64. The Labute approximate surface area is 193 Å². The van der Waals surface area contributed by atoms with Gasteiger partial charge in [0.15, 0.2) is 0 Å². The minimum atomic E-state index is -9.85. The summed E-state index contributed by atoms with van der Waals surface area (Å²) in [5, 5.41) is 0. The third kappa shape index (κ3) is 2.75. The summed E-state index contributed by atoms with van der Waals surface area (Å²) in [5.74, 6) is -64.3. The second kappa shape index (κ2) is 7.15. The fourth-order valence-electron chi connectivity index (χ4n) is 3.85. The topological polar surface area (TPSA) is 3.24 Å². The van der Waals surface area contributed by atoms with Crippen LogP contribution in [0.5, 0.6) is 0 Å². The van der Waals surface area contributed by atoms with Crippen molar-refractivity contribution in [3.63, 3.8) is 0 Å². The van der Waals surface area contributed by atoms with Gasteiger partial charge >= 0.3 is 71.6 Å². The van der Waals surface area contributed by atoms with Crippen LogP contribution < -0.4 is 0 Å². The molecule has 0 unspecified atom stereocenters. The molecular weight excluding hydrogens is 645 g/mol. The van der Waals surface area contributed by atoms with Crippen LogP contribution in [0.25, 0.3) is 0 Å². The number of rotatable bonds is 1. The summed E-state index contributed by atoms with van der Waals surface area (Å²) >= 11 is 0. The predicted octanol–water partition coefficient (Wildman–Crippen LogP) is 7.52. The van der Waals surface area contributed by atoms with Crippen LogP contribution in [0.2, 0.25) is 0 Å².